The molecule has 1 aliphatic rings. The van der Waals surface area contributed by atoms with Crippen LogP contribution in [-0.2, 0) is 9.59 Å². The average Bonchev–Trinajstić information content (AvgIpc) is 2.66. The summed E-state index contributed by atoms with van der Waals surface area (Å²) in [5, 5.41) is 5.02. The summed E-state index contributed by atoms with van der Waals surface area (Å²) in [7, 11) is 0. The van der Waals surface area contributed by atoms with Gasteiger partial charge in [-0.15, -0.1) is 0 Å². The Labute approximate surface area is 166 Å². The number of rotatable bonds is 6. The minimum atomic E-state index is -0.700. The van der Waals surface area contributed by atoms with Crippen molar-refractivity contribution < 1.29 is 22.8 Å². The fourth-order valence-electron chi connectivity index (χ4n) is 3.06. The molecule has 0 radical (unpaired) electrons. The Kier molecular flexibility index (Phi) is 6.84. The molecule has 6 nitrogen and oxygen atoms in total. The van der Waals surface area contributed by atoms with Crippen LogP contribution in [0.3, 0.4) is 0 Å². The van der Waals surface area contributed by atoms with E-state index in [1.54, 1.807) is 6.07 Å². The number of hydrogen-bond acceptors (Lipinski definition) is 4. The van der Waals surface area contributed by atoms with E-state index in [0.717, 1.165) is 18.2 Å². The highest BCUT2D eigenvalue weighted by Crippen LogP contribution is 2.15. The molecule has 0 bridgehead atoms. The van der Waals surface area contributed by atoms with Gasteiger partial charge in [0, 0.05) is 37.9 Å². The summed E-state index contributed by atoms with van der Waals surface area (Å²) in [5.74, 6) is -2.44. The molecule has 1 heterocycles. The van der Waals surface area contributed by atoms with Gasteiger partial charge in [0.15, 0.2) is 0 Å². The molecule has 2 amide bonds. The van der Waals surface area contributed by atoms with Crippen LogP contribution in [0.2, 0.25) is 0 Å². The van der Waals surface area contributed by atoms with Crippen molar-refractivity contribution in [2.45, 2.75) is 0 Å². The van der Waals surface area contributed by atoms with Crippen LogP contribution in [0.25, 0.3) is 0 Å². The van der Waals surface area contributed by atoms with Crippen molar-refractivity contribution in [2.75, 3.05) is 49.9 Å². The van der Waals surface area contributed by atoms with E-state index < -0.39 is 23.4 Å². The lowest BCUT2D eigenvalue weighted by atomic mass is 10.2. The summed E-state index contributed by atoms with van der Waals surface area (Å²) < 4.78 is 39.9. The summed E-state index contributed by atoms with van der Waals surface area (Å²) in [6.45, 7) is 2.43. The summed E-state index contributed by atoms with van der Waals surface area (Å²) in [6.07, 6.45) is 0. The predicted octanol–water partition coefficient (Wildman–Crippen LogP) is 2.30. The lowest BCUT2D eigenvalue weighted by Crippen LogP contribution is -2.50. The summed E-state index contributed by atoms with van der Waals surface area (Å²) in [4.78, 5) is 28.0. The van der Waals surface area contributed by atoms with Gasteiger partial charge < -0.3 is 10.6 Å². The molecule has 1 aliphatic heterocycles. The van der Waals surface area contributed by atoms with Crippen molar-refractivity contribution in [1.82, 2.24) is 9.80 Å². The van der Waals surface area contributed by atoms with Gasteiger partial charge in [0.05, 0.1) is 18.8 Å². The van der Waals surface area contributed by atoms with Gasteiger partial charge in [-0.1, -0.05) is 6.07 Å². The van der Waals surface area contributed by atoms with Crippen LogP contribution in [0.1, 0.15) is 0 Å². The van der Waals surface area contributed by atoms with Gasteiger partial charge >= 0.3 is 0 Å². The van der Waals surface area contributed by atoms with E-state index in [1.807, 2.05) is 9.80 Å². The Morgan fingerprint density at radius 3 is 2.00 bits per heavy atom. The van der Waals surface area contributed by atoms with Crippen molar-refractivity contribution in [3.05, 3.63) is 59.9 Å². The molecule has 1 fully saturated rings. The van der Waals surface area contributed by atoms with Crippen molar-refractivity contribution in [3.8, 4) is 0 Å². The third kappa shape index (κ3) is 6.30. The quantitative estimate of drug-likeness (QED) is 0.773. The first-order chi connectivity index (χ1) is 13.9. The highest BCUT2D eigenvalue weighted by Gasteiger charge is 2.21. The van der Waals surface area contributed by atoms with Crippen LogP contribution in [-0.4, -0.2) is 60.9 Å². The molecule has 0 spiro atoms. The first-order valence-electron chi connectivity index (χ1n) is 9.14. The maximum absolute atomic E-state index is 13.6. The standard InChI is InChI=1S/C20H21F3N4O2/c21-14-2-1-3-16(10-14)24-19(28)12-26-6-8-27(9-7-26)13-20(29)25-18-11-15(22)4-5-17(18)23/h1-5,10-11H,6-9,12-13H2,(H,24,28)(H,25,29). The Morgan fingerprint density at radius 2 is 1.38 bits per heavy atom. The van der Waals surface area contributed by atoms with Crippen molar-refractivity contribution in [3.63, 3.8) is 0 Å². The van der Waals surface area contributed by atoms with Crippen LogP contribution in [0, 0.1) is 17.5 Å². The first kappa shape index (κ1) is 20.8. The number of halogens is 3. The molecule has 0 aliphatic carbocycles. The zero-order chi connectivity index (χ0) is 20.8. The molecular formula is C20H21F3N4O2. The SMILES string of the molecule is O=C(CN1CCN(CC(=O)Nc2cc(F)ccc2F)CC1)Nc1cccc(F)c1. The molecule has 9 heteroatoms. The number of nitrogens with zero attached hydrogens (tertiary/aromatic N) is 2. The van der Waals surface area contributed by atoms with E-state index in [9.17, 15) is 22.8 Å². The number of amides is 2. The predicted molar refractivity (Wildman–Crippen MR) is 103 cm³/mol. The zero-order valence-corrected chi connectivity index (χ0v) is 15.6. The minimum absolute atomic E-state index is 0.0410. The number of piperazine rings is 1. The molecule has 3 rings (SSSR count). The zero-order valence-electron chi connectivity index (χ0n) is 15.6. The third-order valence-corrected chi connectivity index (χ3v) is 4.51. The fraction of sp³-hybridized carbons (Fsp3) is 0.300. The van der Waals surface area contributed by atoms with Gasteiger partial charge in [-0.05, 0) is 30.3 Å². The summed E-state index contributed by atoms with van der Waals surface area (Å²) >= 11 is 0. The highest BCUT2D eigenvalue weighted by molar-refractivity contribution is 5.93. The number of hydrogen-bond donors (Lipinski definition) is 2. The number of carbonyl (C=O) groups is 2. The average molecular weight is 406 g/mol. The van der Waals surface area contributed by atoms with Crippen LogP contribution in [0.15, 0.2) is 42.5 Å². The Hall–Kier alpha value is -2.91. The molecule has 154 valence electrons. The van der Waals surface area contributed by atoms with E-state index in [1.165, 1.54) is 18.2 Å². The van der Waals surface area contributed by atoms with Crippen LogP contribution in [0.4, 0.5) is 24.5 Å². The van der Waals surface area contributed by atoms with Crippen LogP contribution >= 0.6 is 0 Å². The van der Waals surface area contributed by atoms with E-state index in [0.29, 0.717) is 31.9 Å². The minimum Gasteiger partial charge on any atom is -0.325 e. The highest BCUT2D eigenvalue weighted by atomic mass is 19.1. The summed E-state index contributed by atoms with van der Waals surface area (Å²) in [5.41, 5.74) is 0.206. The summed E-state index contributed by atoms with van der Waals surface area (Å²) in [6, 6.07) is 8.54. The molecule has 0 unspecified atom stereocenters. The molecule has 2 N–H and O–H groups in total. The third-order valence-electron chi connectivity index (χ3n) is 4.51. The number of benzene rings is 2. The number of carbonyl (C=O) groups excluding carboxylic acids is 2. The van der Waals surface area contributed by atoms with Crippen LogP contribution in [0.5, 0.6) is 0 Å². The molecule has 2 aromatic carbocycles. The Balaban J connectivity index is 1.41. The van der Waals surface area contributed by atoms with Crippen molar-refractivity contribution in [1.29, 1.82) is 0 Å². The number of nitrogens with one attached hydrogen (secondary N) is 2. The molecule has 0 atom stereocenters. The first-order valence-corrected chi connectivity index (χ1v) is 9.14. The van der Waals surface area contributed by atoms with E-state index in [2.05, 4.69) is 10.6 Å². The van der Waals surface area contributed by atoms with Gasteiger partial charge in [0.25, 0.3) is 0 Å². The van der Waals surface area contributed by atoms with Gasteiger partial charge in [0.1, 0.15) is 17.5 Å². The normalized spacial score (nSPS) is 15.1. The molecular weight excluding hydrogens is 385 g/mol. The lowest BCUT2D eigenvalue weighted by Gasteiger charge is -2.33. The van der Waals surface area contributed by atoms with E-state index in [-0.39, 0.29) is 24.7 Å². The second-order valence-electron chi connectivity index (χ2n) is 6.78. The maximum Gasteiger partial charge on any atom is 0.238 e. The van der Waals surface area contributed by atoms with Gasteiger partial charge in [-0.25, -0.2) is 13.2 Å². The van der Waals surface area contributed by atoms with Gasteiger partial charge in [-0.2, -0.15) is 0 Å². The van der Waals surface area contributed by atoms with Crippen molar-refractivity contribution in [2.24, 2.45) is 0 Å². The second kappa shape index (κ2) is 9.53. The Bertz CT molecular complexity index is 886. The largest absolute Gasteiger partial charge is 0.325 e. The van der Waals surface area contributed by atoms with Crippen molar-refractivity contribution >= 4 is 23.2 Å². The maximum atomic E-state index is 13.6. The molecule has 2 aromatic rings. The topological polar surface area (TPSA) is 64.7 Å². The smallest absolute Gasteiger partial charge is 0.238 e. The van der Waals surface area contributed by atoms with Gasteiger partial charge in [0.2, 0.25) is 11.8 Å². The Morgan fingerprint density at radius 1 is 0.793 bits per heavy atom. The van der Waals surface area contributed by atoms with Crippen LogP contribution < -0.4 is 10.6 Å². The fourth-order valence-corrected chi connectivity index (χ4v) is 3.06. The molecule has 0 saturated carbocycles. The van der Waals surface area contributed by atoms with E-state index in [4.69, 9.17) is 0 Å². The molecule has 1 saturated heterocycles. The van der Waals surface area contributed by atoms with E-state index >= 15 is 0 Å². The lowest BCUT2D eigenvalue weighted by molar-refractivity contribution is -0.120. The monoisotopic (exact) mass is 406 g/mol. The second-order valence-corrected chi connectivity index (χ2v) is 6.78. The molecule has 29 heavy (non-hydrogen) atoms. The number of anilines is 2. The molecule has 0 aromatic heterocycles. The van der Waals surface area contributed by atoms with Gasteiger partial charge in [-0.3, -0.25) is 19.4 Å².